The molecule has 0 bridgehead atoms. The lowest BCUT2D eigenvalue weighted by Gasteiger charge is -2.46. The molecule has 302 valence electrons. The van der Waals surface area contributed by atoms with Gasteiger partial charge in [0.2, 0.25) is 17.7 Å². The average molecular weight is 782 g/mol. The second-order valence-electron chi connectivity index (χ2n) is 17.4. The number of piperidine rings is 4. The molecular formula is C47H55N7O4. The van der Waals surface area contributed by atoms with Crippen molar-refractivity contribution in [3.05, 3.63) is 102 Å². The molecule has 4 aliphatic heterocycles. The Morgan fingerprint density at radius 3 is 2.34 bits per heavy atom. The summed E-state index contributed by atoms with van der Waals surface area (Å²) in [5, 5.41) is 24.9. The van der Waals surface area contributed by atoms with E-state index < -0.39 is 0 Å². The highest BCUT2D eigenvalue weighted by molar-refractivity contribution is 6.01. The third kappa shape index (κ3) is 8.06. The smallest absolute Gasteiger partial charge is 0.234 e. The van der Waals surface area contributed by atoms with Crippen molar-refractivity contribution in [2.45, 2.75) is 75.2 Å². The monoisotopic (exact) mass is 781 g/mol. The van der Waals surface area contributed by atoms with Crippen molar-refractivity contribution in [3.63, 3.8) is 0 Å². The minimum atomic E-state index is -0.252. The number of nitrogens with one attached hydrogen (secondary N) is 2. The number of anilines is 2. The highest BCUT2D eigenvalue weighted by atomic mass is 16.3. The zero-order valence-corrected chi connectivity index (χ0v) is 33.3. The molecule has 1 aromatic heterocycles. The molecule has 11 nitrogen and oxygen atoms in total. The van der Waals surface area contributed by atoms with Gasteiger partial charge in [0.15, 0.2) is 0 Å². The summed E-state index contributed by atoms with van der Waals surface area (Å²) >= 11 is 0. The molecule has 5 heterocycles. The number of benzene rings is 3. The molecular weight excluding hydrogens is 727 g/mol. The molecule has 3 unspecified atom stereocenters. The predicted octanol–water partition coefficient (Wildman–Crippen LogP) is 6.04. The summed E-state index contributed by atoms with van der Waals surface area (Å²) in [4.78, 5) is 45.0. The SMILES string of the molecule is O=C1CC[C@H](c2ccc(N3CCC(CCNC(=O)C4CCN(CC5(c6ccccc6)CCN(c6cnnc(-c7ccccc7O)c6)CC5)C5CC45)CC3)cc2)C(=O)N1. The number of hydrogen-bond acceptors (Lipinski definition) is 9. The second kappa shape index (κ2) is 16.5. The standard InChI is InChI=1S/C47H55N7O4/c55-43-9-5-4-8-39(43)41-28-36(30-49-51-41)53-26-20-47(21-27-53,34-6-2-1-3-7-34)31-54-25-19-38(40-29-42(40)54)45(57)48-22-16-32-17-23-52(24-18-32)35-12-10-33(11-13-35)37-14-15-44(56)50-46(37)58/h1-13,28,30,32,37-38,40,42,55H,14-27,29,31H2,(H,48,57)(H,50,56,58)/t37-,38?,40?,42?/m1/s1. The van der Waals surface area contributed by atoms with Gasteiger partial charge in [-0.2, -0.15) is 10.2 Å². The number of phenolic OH excluding ortho intramolecular Hbond substituents is 1. The van der Waals surface area contributed by atoms with Crippen LogP contribution in [-0.2, 0) is 19.8 Å². The Hall–Kier alpha value is -5.29. The molecule has 0 radical (unpaired) electrons. The summed E-state index contributed by atoms with van der Waals surface area (Å²) in [6.45, 7) is 6.52. The van der Waals surface area contributed by atoms with E-state index in [0.717, 1.165) is 102 Å². The number of likely N-dealkylation sites (tertiary alicyclic amines) is 1. The maximum absolute atomic E-state index is 13.6. The first-order valence-corrected chi connectivity index (χ1v) is 21.5. The van der Waals surface area contributed by atoms with Crippen LogP contribution in [0.4, 0.5) is 11.4 Å². The van der Waals surface area contributed by atoms with Crippen molar-refractivity contribution < 1.29 is 19.5 Å². The van der Waals surface area contributed by atoms with Crippen LogP contribution in [0.25, 0.3) is 11.3 Å². The molecule has 9 rings (SSSR count). The van der Waals surface area contributed by atoms with Crippen molar-refractivity contribution >= 4 is 29.1 Å². The van der Waals surface area contributed by atoms with E-state index in [1.807, 2.05) is 42.6 Å². The van der Waals surface area contributed by atoms with Gasteiger partial charge in [-0.15, -0.1) is 0 Å². The number of aromatic hydroxyl groups is 1. The molecule has 0 spiro atoms. The van der Waals surface area contributed by atoms with Gasteiger partial charge in [0.05, 0.1) is 23.5 Å². The van der Waals surface area contributed by atoms with Gasteiger partial charge >= 0.3 is 0 Å². The number of amides is 3. The van der Waals surface area contributed by atoms with E-state index in [1.165, 1.54) is 11.3 Å². The van der Waals surface area contributed by atoms with Gasteiger partial charge in [0, 0.05) is 74.3 Å². The summed E-state index contributed by atoms with van der Waals surface area (Å²) in [6, 6.07) is 29.1. The zero-order valence-electron chi connectivity index (χ0n) is 33.3. The Morgan fingerprint density at radius 2 is 1.59 bits per heavy atom. The number of rotatable bonds is 11. The lowest BCUT2D eigenvalue weighted by Crippen LogP contribution is -2.52. The Balaban J connectivity index is 0.743. The molecule has 4 aromatic rings. The molecule has 3 aromatic carbocycles. The Morgan fingerprint density at radius 1 is 0.845 bits per heavy atom. The van der Waals surface area contributed by atoms with E-state index in [2.05, 4.69) is 78.0 Å². The van der Waals surface area contributed by atoms with Crippen LogP contribution in [0.5, 0.6) is 5.75 Å². The maximum atomic E-state index is 13.6. The van der Waals surface area contributed by atoms with Gasteiger partial charge in [0.25, 0.3) is 0 Å². The van der Waals surface area contributed by atoms with Gasteiger partial charge in [-0.1, -0.05) is 54.6 Å². The number of hydrogen-bond donors (Lipinski definition) is 3. The largest absolute Gasteiger partial charge is 0.507 e. The highest BCUT2D eigenvalue weighted by Gasteiger charge is 2.53. The van der Waals surface area contributed by atoms with Crippen LogP contribution < -0.4 is 20.4 Å². The summed E-state index contributed by atoms with van der Waals surface area (Å²) in [5.41, 5.74) is 5.99. The number of carbonyl (C=O) groups excluding carboxylic acids is 3. The van der Waals surface area contributed by atoms with Crippen LogP contribution in [0.2, 0.25) is 0 Å². The lowest BCUT2D eigenvalue weighted by atomic mass is 9.72. The van der Waals surface area contributed by atoms with E-state index in [4.69, 9.17) is 0 Å². The van der Waals surface area contributed by atoms with Crippen LogP contribution in [0.3, 0.4) is 0 Å². The third-order valence-corrected chi connectivity index (χ3v) is 14.0. The number of nitrogens with zero attached hydrogens (tertiary/aromatic N) is 5. The van der Waals surface area contributed by atoms with Crippen LogP contribution in [0.15, 0.2) is 91.1 Å². The van der Waals surface area contributed by atoms with Gasteiger partial charge < -0.3 is 20.2 Å². The number of phenols is 1. The lowest BCUT2D eigenvalue weighted by molar-refractivity contribution is -0.134. The maximum Gasteiger partial charge on any atom is 0.234 e. The highest BCUT2D eigenvalue weighted by Crippen LogP contribution is 2.49. The second-order valence-corrected chi connectivity index (χ2v) is 17.4. The van der Waals surface area contributed by atoms with Crippen molar-refractivity contribution in [1.29, 1.82) is 0 Å². The first kappa shape index (κ1) is 38.2. The van der Waals surface area contributed by atoms with E-state index in [1.54, 1.807) is 6.07 Å². The van der Waals surface area contributed by atoms with Crippen LogP contribution in [-0.4, -0.2) is 89.8 Å². The van der Waals surface area contributed by atoms with E-state index in [0.29, 0.717) is 42.0 Å². The summed E-state index contributed by atoms with van der Waals surface area (Å²) in [6.07, 6.45) is 10.1. The molecule has 5 aliphatic rings. The van der Waals surface area contributed by atoms with Crippen LogP contribution in [0.1, 0.15) is 74.8 Å². The number of aromatic nitrogens is 2. The predicted molar refractivity (Wildman–Crippen MR) is 224 cm³/mol. The summed E-state index contributed by atoms with van der Waals surface area (Å²) in [5.74, 6) is 0.988. The minimum absolute atomic E-state index is 0.0375. The van der Waals surface area contributed by atoms with Crippen molar-refractivity contribution in [3.8, 4) is 17.0 Å². The molecule has 11 heteroatoms. The molecule has 1 aliphatic carbocycles. The molecule has 4 atom stereocenters. The number of imide groups is 1. The molecule has 3 N–H and O–H groups in total. The van der Waals surface area contributed by atoms with Crippen LogP contribution >= 0.6 is 0 Å². The van der Waals surface area contributed by atoms with Gasteiger partial charge in [-0.25, -0.2) is 0 Å². The third-order valence-electron chi connectivity index (χ3n) is 14.0. The Bertz CT molecular complexity index is 2100. The minimum Gasteiger partial charge on any atom is -0.507 e. The number of fused-ring (bicyclic) bond motifs is 1. The van der Waals surface area contributed by atoms with Gasteiger partial charge in [-0.3, -0.25) is 24.6 Å². The summed E-state index contributed by atoms with van der Waals surface area (Å²) < 4.78 is 0. The van der Waals surface area contributed by atoms with E-state index >= 15 is 0 Å². The number of para-hydroxylation sites is 1. The topological polar surface area (TPSA) is 131 Å². The molecule has 58 heavy (non-hydrogen) atoms. The van der Waals surface area contributed by atoms with Gasteiger partial charge in [-0.05, 0) is 111 Å². The number of carbonyl (C=O) groups is 3. The first-order valence-electron chi connectivity index (χ1n) is 21.5. The zero-order chi connectivity index (χ0) is 39.6. The van der Waals surface area contributed by atoms with E-state index in [9.17, 15) is 19.5 Å². The fraction of sp³-hybridized carbons (Fsp3) is 0.468. The fourth-order valence-electron chi connectivity index (χ4n) is 10.5. The molecule has 1 saturated carbocycles. The van der Waals surface area contributed by atoms with E-state index in [-0.39, 0.29) is 40.7 Å². The summed E-state index contributed by atoms with van der Waals surface area (Å²) in [7, 11) is 0. The average Bonchev–Trinajstić information content (AvgIpc) is 4.07. The fourth-order valence-corrected chi connectivity index (χ4v) is 10.5. The van der Waals surface area contributed by atoms with Crippen LogP contribution in [0, 0.1) is 17.8 Å². The Kier molecular flexibility index (Phi) is 10.9. The molecule has 3 amide bonds. The van der Waals surface area contributed by atoms with Crippen molar-refractivity contribution in [2.75, 3.05) is 55.6 Å². The molecule has 5 fully saturated rings. The molecule has 4 saturated heterocycles. The van der Waals surface area contributed by atoms with Crippen molar-refractivity contribution in [2.24, 2.45) is 17.8 Å². The Labute approximate surface area is 341 Å². The van der Waals surface area contributed by atoms with Crippen molar-refractivity contribution in [1.82, 2.24) is 25.7 Å². The normalized spacial score (nSPS) is 24.8. The quantitative estimate of drug-likeness (QED) is 0.156. The first-order chi connectivity index (χ1) is 28.3. The van der Waals surface area contributed by atoms with Gasteiger partial charge in [0.1, 0.15) is 5.75 Å².